The minimum absolute atomic E-state index is 0.000711. The maximum absolute atomic E-state index is 5.65. The first-order valence-electron chi connectivity index (χ1n) is 6.88. The second-order valence-corrected chi connectivity index (χ2v) is 5.98. The molecule has 1 heterocycles. The molecule has 0 aliphatic heterocycles. The van der Waals surface area contributed by atoms with Crippen LogP contribution in [0, 0.1) is 0 Å². The minimum atomic E-state index is 0.000711. The maximum Gasteiger partial charge on any atom is 0.126 e. The van der Waals surface area contributed by atoms with E-state index in [0.29, 0.717) is 6.54 Å². The van der Waals surface area contributed by atoms with E-state index in [2.05, 4.69) is 43.1 Å². The van der Waals surface area contributed by atoms with Crippen molar-refractivity contribution < 1.29 is 4.74 Å². The minimum Gasteiger partial charge on any atom is -0.496 e. The predicted molar refractivity (Wildman–Crippen MR) is 82.0 cm³/mol. The smallest absolute Gasteiger partial charge is 0.126 e. The molecule has 1 aromatic carbocycles. The van der Waals surface area contributed by atoms with Crippen LogP contribution in [0.5, 0.6) is 5.75 Å². The molecule has 1 aromatic heterocycles. The van der Waals surface area contributed by atoms with Gasteiger partial charge in [-0.3, -0.25) is 5.10 Å². The van der Waals surface area contributed by atoms with E-state index >= 15 is 0 Å². The van der Waals surface area contributed by atoms with Crippen molar-refractivity contribution in [2.24, 2.45) is 5.73 Å². The van der Waals surface area contributed by atoms with Crippen molar-refractivity contribution in [3.63, 3.8) is 0 Å². The second-order valence-electron chi connectivity index (χ2n) is 5.98. The number of nitrogens with zero attached hydrogens (tertiary/aromatic N) is 1. The number of aromatic amines is 1. The number of methoxy groups -OCH3 is 1. The third-order valence-electron chi connectivity index (χ3n) is 3.38. The first kappa shape index (κ1) is 14.6. The van der Waals surface area contributed by atoms with Gasteiger partial charge in [0.1, 0.15) is 5.75 Å². The lowest BCUT2D eigenvalue weighted by Gasteiger charge is -2.19. The summed E-state index contributed by atoms with van der Waals surface area (Å²) >= 11 is 0. The van der Waals surface area contributed by atoms with Crippen molar-refractivity contribution >= 4 is 0 Å². The molecule has 2 rings (SSSR count). The van der Waals surface area contributed by atoms with Crippen molar-refractivity contribution in [2.75, 3.05) is 13.7 Å². The van der Waals surface area contributed by atoms with E-state index in [0.717, 1.165) is 29.0 Å². The number of benzene rings is 1. The molecular formula is C16H23N3O. The van der Waals surface area contributed by atoms with Gasteiger partial charge in [-0.2, -0.15) is 5.10 Å². The molecule has 0 amide bonds. The zero-order valence-electron chi connectivity index (χ0n) is 12.7. The third kappa shape index (κ3) is 2.85. The molecule has 0 aliphatic carbocycles. The van der Waals surface area contributed by atoms with Crippen molar-refractivity contribution in [3.05, 3.63) is 35.7 Å². The molecular weight excluding hydrogens is 250 g/mol. The maximum atomic E-state index is 5.65. The molecule has 108 valence electrons. The van der Waals surface area contributed by atoms with Gasteiger partial charge in [0.15, 0.2) is 0 Å². The summed E-state index contributed by atoms with van der Waals surface area (Å²) in [4.78, 5) is 0. The van der Waals surface area contributed by atoms with Gasteiger partial charge >= 0.3 is 0 Å². The van der Waals surface area contributed by atoms with Gasteiger partial charge in [0.05, 0.1) is 13.3 Å². The van der Waals surface area contributed by atoms with Crippen LogP contribution in [0.25, 0.3) is 11.1 Å². The molecule has 0 atom stereocenters. The number of rotatable bonds is 4. The van der Waals surface area contributed by atoms with E-state index in [9.17, 15) is 0 Å². The van der Waals surface area contributed by atoms with Crippen molar-refractivity contribution in [3.8, 4) is 16.9 Å². The van der Waals surface area contributed by atoms with Crippen LogP contribution in [0.4, 0.5) is 0 Å². The highest BCUT2D eigenvalue weighted by molar-refractivity contribution is 5.73. The van der Waals surface area contributed by atoms with Gasteiger partial charge in [-0.25, -0.2) is 0 Å². The third-order valence-corrected chi connectivity index (χ3v) is 3.38. The molecule has 4 heteroatoms. The summed E-state index contributed by atoms with van der Waals surface area (Å²) in [6.45, 7) is 7.14. The molecule has 0 aliphatic rings. The lowest BCUT2D eigenvalue weighted by molar-refractivity contribution is 0.416. The number of aromatic nitrogens is 2. The van der Waals surface area contributed by atoms with Crippen LogP contribution < -0.4 is 10.5 Å². The molecule has 0 spiro atoms. The SMILES string of the molecule is COc1ccc(CCN)cc1-c1cn[nH]c1C(C)(C)C. The number of nitrogens with one attached hydrogen (secondary N) is 1. The number of hydrogen-bond acceptors (Lipinski definition) is 3. The molecule has 20 heavy (non-hydrogen) atoms. The van der Waals surface area contributed by atoms with E-state index in [1.165, 1.54) is 5.56 Å². The highest BCUT2D eigenvalue weighted by atomic mass is 16.5. The number of hydrogen-bond donors (Lipinski definition) is 2. The Labute approximate surface area is 120 Å². The summed E-state index contributed by atoms with van der Waals surface area (Å²) in [6.07, 6.45) is 2.73. The van der Waals surface area contributed by atoms with Crippen LogP contribution in [-0.4, -0.2) is 23.9 Å². The van der Waals surface area contributed by atoms with E-state index in [-0.39, 0.29) is 5.41 Å². The Morgan fingerprint density at radius 2 is 2.00 bits per heavy atom. The zero-order valence-corrected chi connectivity index (χ0v) is 12.7. The molecule has 0 saturated heterocycles. The fraction of sp³-hybridized carbons (Fsp3) is 0.438. The Bertz CT molecular complexity index is 582. The van der Waals surface area contributed by atoms with E-state index in [1.54, 1.807) is 7.11 Å². The lowest BCUT2D eigenvalue weighted by atomic mass is 9.87. The summed E-state index contributed by atoms with van der Waals surface area (Å²) in [6, 6.07) is 6.21. The first-order chi connectivity index (χ1) is 9.47. The molecule has 0 fully saturated rings. The van der Waals surface area contributed by atoms with Gasteiger partial charge < -0.3 is 10.5 Å². The average Bonchev–Trinajstić information content (AvgIpc) is 2.88. The topological polar surface area (TPSA) is 63.9 Å². The van der Waals surface area contributed by atoms with E-state index in [4.69, 9.17) is 10.5 Å². The Kier molecular flexibility index (Phi) is 4.14. The van der Waals surface area contributed by atoms with Gasteiger partial charge in [-0.15, -0.1) is 0 Å². The summed E-state index contributed by atoms with van der Waals surface area (Å²) in [5, 5.41) is 7.33. The van der Waals surface area contributed by atoms with Gasteiger partial charge in [-0.1, -0.05) is 26.8 Å². The van der Waals surface area contributed by atoms with Gasteiger partial charge in [0, 0.05) is 22.2 Å². The number of ether oxygens (including phenoxy) is 1. The molecule has 0 bridgehead atoms. The summed E-state index contributed by atoms with van der Waals surface area (Å²) in [5.41, 5.74) is 10.1. The molecule has 0 radical (unpaired) electrons. The van der Waals surface area contributed by atoms with Crippen LogP contribution >= 0.6 is 0 Å². The highest BCUT2D eigenvalue weighted by Gasteiger charge is 2.22. The molecule has 3 N–H and O–H groups in total. The van der Waals surface area contributed by atoms with Gasteiger partial charge in [-0.05, 0) is 30.7 Å². The summed E-state index contributed by atoms with van der Waals surface area (Å²) < 4.78 is 5.50. The van der Waals surface area contributed by atoms with Gasteiger partial charge in [0.2, 0.25) is 0 Å². The molecule has 0 saturated carbocycles. The highest BCUT2D eigenvalue weighted by Crippen LogP contribution is 2.36. The Balaban J connectivity index is 2.56. The normalized spacial score (nSPS) is 11.7. The van der Waals surface area contributed by atoms with Crippen LogP contribution in [0.1, 0.15) is 32.0 Å². The van der Waals surface area contributed by atoms with Crippen molar-refractivity contribution in [1.29, 1.82) is 0 Å². The van der Waals surface area contributed by atoms with E-state index in [1.807, 2.05) is 12.3 Å². The Hall–Kier alpha value is -1.81. The summed E-state index contributed by atoms with van der Waals surface area (Å²) in [5.74, 6) is 0.859. The second kappa shape index (κ2) is 5.67. The van der Waals surface area contributed by atoms with Crippen LogP contribution in [0.2, 0.25) is 0 Å². The molecule has 4 nitrogen and oxygen atoms in total. The molecule has 0 unspecified atom stereocenters. The standard InChI is InChI=1S/C16H23N3O/c1-16(2,3)15-13(10-18-19-15)12-9-11(7-8-17)5-6-14(12)20-4/h5-6,9-10H,7-8,17H2,1-4H3,(H,18,19). The summed E-state index contributed by atoms with van der Waals surface area (Å²) in [7, 11) is 1.69. The Morgan fingerprint density at radius 3 is 2.60 bits per heavy atom. The monoisotopic (exact) mass is 273 g/mol. The fourth-order valence-corrected chi connectivity index (χ4v) is 2.35. The zero-order chi connectivity index (χ0) is 14.8. The fourth-order valence-electron chi connectivity index (χ4n) is 2.35. The number of nitrogens with two attached hydrogens (primary N) is 1. The van der Waals surface area contributed by atoms with Gasteiger partial charge in [0.25, 0.3) is 0 Å². The largest absolute Gasteiger partial charge is 0.496 e. The van der Waals surface area contributed by atoms with Crippen molar-refractivity contribution in [2.45, 2.75) is 32.6 Å². The first-order valence-corrected chi connectivity index (χ1v) is 6.88. The lowest BCUT2D eigenvalue weighted by Crippen LogP contribution is -2.13. The predicted octanol–water partition coefficient (Wildman–Crippen LogP) is 2.88. The van der Waals surface area contributed by atoms with Crippen LogP contribution in [0.15, 0.2) is 24.4 Å². The van der Waals surface area contributed by atoms with Crippen molar-refractivity contribution in [1.82, 2.24) is 10.2 Å². The Morgan fingerprint density at radius 1 is 1.25 bits per heavy atom. The van der Waals surface area contributed by atoms with Crippen LogP contribution in [0.3, 0.4) is 0 Å². The molecule has 2 aromatic rings. The number of H-pyrrole nitrogens is 1. The van der Waals surface area contributed by atoms with Crippen LogP contribution in [-0.2, 0) is 11.8 Å². The quantitative estimate of drug-likeness (QED) is 0.900. The van der Waals surface area contributed by atoms with E-state index < -0.39 is 0 Å². The average molecular weight is 273 g/mol.